The number of hydrogen-bond acceptors (Lipinski definition) is 4. The first-order valence-electron chi connectivity index (χ1n) is 5.39. The van der Waals surface area contributed by atoms with Crippen molar-refractivity contribution >= 4 is 23.1 Å². The number of nitrogens with zero attached hydrogens (tertiary/aromatic N) is 4. The van der Waals surface area contributed by atoms with Crippen LogP contribution in [0.4, 0.5) is 11.5 Å². The van der Waals surface area contributed by atoms with Gasteiger partial charge in [-0.3, -0.25) is 4.68 Å². The van der Waals surface area contributed by atoms with Crippen LogP contribution in [0.2, 0.25) is 5.15 Å². The van der Waals surface area contributed by atoms with Crippen molar-refractivity contribution in [3.05, 3.63) is 28.9 Å². The van der Waals surface area contributed by atoms with E-state index in [1.54, 1.807) is 10.9 Å². The van der Waals surface area contributed by atoms with Crippen LogP contribution < -0.4 is 5.32 Å². The molecule has 0 aromatic carbocycles. The van der Waals surface area contributed by atoms with Crippen LogP contribution in [0.3, 0.4) is 0 Å². The number of nitrogens with one attached hydrogen (secondary N) is 1. The van der Waals surface area contributed by atoms with Crippen LogP contribution >= 0.6 is 11.6 Å². The van der Waals surface area contributed by atoms with Crippen LogP contribution in [0.1, 0.15) is 18.3 Å². The Morgan fingerprint density at radius 2 is 2.18 bits per heavy atom. The van der Waals surface area contributed by atoms with Crippen molar-refractivity contribution in [3.63, 3.8) is 0 Å². The largest absolute Gasteiger partial charge is 0.337 e. The summed E-state index contributed by atoms with van der Waals surface area (Å²) in [6.45, 7) is 3.88. The molecule has 6 heteroatoms. The van der Waals surface area contributed by atoms with Gasteiger partial charge in [-0.05, 0) is 6.92 Å². The van der Waals surface area contributed by atoms with E-state index in [0.29, 0.717) is 5.15 Å². The number of anilines is 2. The molecule has 2 aromatic heterocycles. The highest BCUT2D eigenvalue weighted by molar-refractivity contribution is 6.30. The van der Waals surface area contributed by atoms with E-state index >= 15 is 0 Å². The maximum atomic E-state index is 6.06. The Balaban J connectivity index is 2.34. The van der Waals surface area contributed by atoms with Crippen molar-refractivity contribution in [2.75, 3.05) is 5.32 Å². The zero-order valence-electron chi connectivity index (χ0n) is 10.0. The van der Waals surface area contributed by atoms with Gasteiger partial charge in [-0.1, -0.05) is 18.5 Å². The monoisotopic (exact) mass is 251 g/mol. The predicted octanol–water partition coefficient (Wildman–Crippen LogP) is 2.48. The molecule has 17 heavy (non-hydrogen) atoms. The molecule has 0 saturated carbocycles. The molecule has 0 radical (unpaired) electrons. The molecule has 5 nitrogen and oxygen atoms in total. The van der Waals surface area contributed by atoms with Crippen LogP contribution in [0.15, 0.2) is 12.4 Å². The van der Waals surface area contributed by atoms with E-state index in [2.05, 4.69) is 20.4 Å². The van der Waals surface area contributed by atoms with E-state index in [0.717, 1.165) is 29.3 Å². The topological polar surface area (TPSA) is 55.6 Å². The third kappa shape index (κ3) is 2.55. The fraction of sp³-hybridized carbons (Fsp3) is 0.364. The third-order valence-electron chi connectivity index (χ3n) is 2.42. The minimum atomic E-state index is 0.489. The number of hydrogen-bond donors (Lipinski definition) is 1. The number of halogens is 1. The highest BCUT2D eigenvalue weighted by Crippen LogP contribution is 2.23. The Bertz CT molecular complexity index is 535. The molecule has 0 aliphatic carbocycles. The zero-order valence-corrected chi connectivity index (χ0v) is 10.8. The van der Waals surface area contributed by atoms with E-state index in [1.807, 2.05) is 27.1 Å². The van der Waals surface area contributed by atoms with Crippen molar-refractivity contribution in [2.24, 2.45) is 7.05 Å². The minimum Gasteiger partial charge on any atom is -0.337 e. The Labute approximate surface area is 105 Å². The quantitative estimate of drug-likeness (QED) is 0.852. The highest BCUT2D eigenvalue weighted by Gasteiger charge is 2.09. The summed E-state index contributed by atoms with van der Waals surface area (Å²) in [5.41, 5.74) is 1.72. The predicted molar refractivity (Wildman–Crippen MR) is 67.6 cm³/mol. The molecule has 1 N–H and O–H groups in total. The van der Waals surface area contributed by atoms with Crippen molar-refractivity contribution < 1.29 is 0 Å². The fourth-order valence-electron chi connectivity index (χ4n) is 1.44. The van der Waals surface area contributed by atoms with Gasteiger partial charge in [-0.15, -0.1) is 0 Å². The summed E-state index contributed by atoms with van der Waals surface area (Å²) >= 11 is 6.06. The van der Waals surface area contributed by atoms with Crippen LogP contribution in [-0.2, 0) is 13.5 Å². The van der Waals surface area contributed by atoms with E-state index in [4.69, 9.17) is 11.6 Å². The summed E-state index contributed by atoms with van der Waals surface area (Å²) in [4.78, 5) is 8.60. The average Bonchev–Trinajstić information content (AvgIpc) is 2.70. The third-order valence-corrected chi connectivity index (χ3v) is 2.78. The molecule has 0 bridgehead atoms. The van der Waals surface area contributed by atoms with Crippen LogP contribution in [0.25, 0.3) is 0 Å². The van der Waals surface area contributed by atoms with Gasteiger partial charge >= 0.3 is 0 Å². The van der Waals surface area contributed by atoms with Crippen LogP contribution in [0.5, 0.6) is 0 Å². The average molecular weight is 252 g/mol. The molecular weight excluding hydrogens is 238 g/mol. The lowest BCUT2D eigenvalue weighted by Crippen LogP contribution is -2.02. The van der Waals surface area contributed by atoms with Gasteiger partial charge in [0.25, 0.3) is 0 Å². The molecule has 0 spiro atoms. The first kappa shape index (κ1) is 11.9. The number of aromatic nitrogens is 4. The molecule has 2 aromatic rings. The molecule has 0 saturated heterocycles. The van der Waals surface area contributed by atoms with Gasteiger partial charge in [-0.2, -0.15) is 5.10 Å². The zero-order chi connectivity index (χ0) is 12.4. The van der Waals surface area contributed by atoms with Gasteiger partial charge in [0.1, 0.15) is 16.8 Å². The second-order valence-electron chi connectivity index (χ2n) is 3.79. The fourth-order valence-corrected chi connectivity index (χ4v) is 1.62. The highest BCUT2D eigenvalue weighted by atomic mass is 35.5. The number of rotatable bonds is 3. The minimum absolute atomic E-state index is 0.489. The summed E-state index contributed by atoms with van der Waals surface area (Å²) in [5.74, 6) is 1.46. The standard InChI is InChI=1S/C11H14ClN5/c1-4-9-15-10(12)7(2)11(16-9)14-8-5-13-17(3)6-8/h5-6H,4H2,1-3H3,(H,14,15,16). The molecule has 0 unspecified atom stereocenters. The van der Waals surface area contributed by atoms with E-state index in [-0.39, 0.29) is 0 Å². The van der Waals surface area contributed by atoms with Crippen molar-refractivity contribution in [3.8, 4) is 0 Å². The molecule has 0 aliphatic rings. The lowest BCUT2D eigenvalue weighted by Gasteiger charge is -2.09. The summed E-state index contributed by atoms with van der Waals surface area (Å²) in [7, 11) is 1.86. The first-order chi connectivity index (χ1) is 8.10. The van der Waals surface area contributed by atoms with Crippen molar-refractivity contribution in [1.82, 2.24) is 19.7 Å². The lowest BCUT2D eigenvalue weighted by molar-refractivity contribution is 0.768. The van der Waals surface area contributed by atoms with Gasteiger partial charge < -0.3 is 5.32 Å². The summed E-state index contributed by atoms with van der Waals surface area (Å²) in [6, 6.07) is 0. The maximum Gasteiger partial charge on any atom is 0.138 e. The van der Waals surface area contributed by atoms with Gasteiger partial charge in [0.15, 0.2) is 0 Å². The van der Waals surface area contributed by atoms with E-state index < -0.39 is 0 Å². The SMILES string of the molecule is CCc1nc(Cl)c(C)c(Nc2cnn(C)c2)n1. The van der Waals surface area contributed by atoms with Gasteiger partial charge in [0.05, 0.1) is 11.9 Å². The molecule has 0 amide bonds. The molecule has 0 atom stereocenters. The summed E-state index contributed by atoms with van der Waals surface area (Å²) in [5, 5.41) is 7.76. The first-order valence-corrected chi connectivity index (χ1v) is 5.76. The Morgan fingerprint density at radius 1 is 1.41 bits per heavy atom. The van der Waals surface area contributed by atoms with Crippen molar-refractivity contribution in [2.45, 2.75) is 20.3 Å². The molecule has 0 aliphatic heterocycles. The maximum absolute atomic E-state index is 6.06. The van der Waals surface area contributed by atoms with Gasteiger partial charge in [0, 0.05) is 25.2 Å². The lowest BCUT2D eigenvalue weighted by atomic mass is 10.3. The molecule has 0 fully saturated rings. The van der Waals surface area contributed by atoms with Crippen molar-refractivity contribution in [1.29, 1.82) is 0 Å². The van der Waals surface area contributed by atoms with Gasteiger partial charge in [0.2, 0.25) is 0 Å². The molecular formula is C11H14ClN5. The van der Waals surface area contributed by atoms with Crippen LogP contribution in [0, 0.1) is 6.92 Å². The Hall–Kier alpha value is -1.62. The second-order valence-corrected chi connectivity index (χ2v) is 4.14. The smallest absolute Gasteiger partial charge is 0.138 e. The Kier molecular flexibility index (Phi) is 3.28. The molecule has 2 heterocycles. The molecule has 2 rings (SSSR count). The van der Waals surface area contributed by atoms with Crippen LogP contribution in [-0.4, -0.2) is 19.7 Å². The number of aryl methyl sites for hydroxylation is 2. The summed E-state index contributed by atoms with van der Waals surface area (Å²) < 4.78 is 1.72. The summed E-state index contributed by atoms with van der Waals surface area (Å²) in [6.07, 6.45) is 4.36. The van der Waals surface area contributed by atoms with Gasteiger partial charge in [-0.25, -0.2) is 9.97 Å². The van der Waals surface area contributed by atoms with E-state index in [9.17, 15) is 0 Å². The second kappa shape index (κ2) is 4.71. The molecule has 90 valence electrons. The normalized spacial score (nSPS) is 10.6. The van der Waals surface area contributed by atoms with E-state index in [1.165, 1.54) is 0 Å². The Morgan fingerprint density at radius 3 is 2.76 bits per heavy atom.